The van der Waals surface area contributed by atoms with Gasteiger partial charge in [0.05, 0.1) is 11.3 Å². The van der Waals surface area contributed by atoms with Gasteiger partial charge in [-0.25, -0.2) is 0 Å². The SMILES string of the molecule is CCNc1cc(C)ncc1C(=O)NCCCN(C)C(C)C. The van der Waals surface area contributed by atoms with Crippen LogP contribution in [0.25, 0.3) is 0 Å². The van der Waals surface area contributed by atoms with Crippen molar-refractivity contribution in [3.63, 3.8) is 0 Å². The molecule has 0 bridgehead atoms. The summed E-state index contributed by atoms with van der Waals surface area (Å²) in [6, 6.07) is 2.44. The van der Waals surface area contributed by atoms with Crippen molar-refractivity contribution in [2.24, 2.45) is 0 Å². The molecule has 0 spiro atoms. The van der Waals surface area contributed by atoms with Crippen LogP contribution in [0, 0.1) is 6.92 Å². The smallest absolute Gasteiger partial charge is 0.254 e. The maximum absolute atomic E-state index is 12.2. The number of hydrogen-bond acceptors (Lipinski definition) is 4. The number of anilines is 1. The van der Waals surface area contributed by atoms with E-state index < -0.39 is 0 Å². The highest BCUT2D eigenvalue weighted by molar-refractivity contribution is 5.99. The van der Waals surface area contributed by atoms with Crippen LogP contribution in [0.1, 0.15) is 43.2 Å². The molecule has 1 amide bonds. The lowest BCUT2D eigenvalue weighted by Crippen LogP contribution is -2.31. The van der Waals surface area contributed by atoms with E-state index in [-0.39, 0.29) is 5.91 Å². The van der Waals surface area contributed by atoms with E-state index in [0.29, 0.717) is 18.2 Å². The Morgan fingerprint density at radius 1 is 1.43 bits per heavy atom. The van der Waals surface area contributed by atoms with E-state index in [1.54, 1.807) is 6.20 Å². The van der Waals surface area contributed by atoms with Crippen LogP contribution in [-0.2, 0) is 0 Å². The fraction of sp³-hybridized carbons (Fsp3) is 0.625. The minimum atomic E-state index is -0.0642. The summed E-state index contributed by atoms with van der Waals surface area (Å²) in [6.07, 6.45) is 2.58. The van der Waals surface area contributed by atoms with Gasteiger partial charge in [-0.1, -0.05) is 0 Å². The normalized spacial score (nSPS) is 11.0. The molecule has 5 heteroatoms. The molecule has 1 heterocycles. The summed E-state index contributed by atoms with van der Waals surface area (Å²) in [4.78, 5) is 18.7. The van der Waals surface area contributed by atoms with E-state index in [1.165, 1.54) is 0 Å². The van der Waals surface area contributed by atoms with Gasteiger partial charge in [0.2, 0.25) is 0 Å². The number of hydrogen-bond donors (Lipinski definition) is 2. The molecular weight excluding hydrogens is 264 g/mol. The molecule has 0 aromatic carbocycles. The predicted octanol–water partition coefficient (Wildman–Crippen LogP) is 2.28. The van der Waals surface area contributed by atoms with E-state index in [9.17, 15) is 4.79 Å². The number of nitrogens with zero attached hydrogens (tertiary/aromatic N) is 2. The van der Waals surface area contributed by atoms with Gasteiger partial charge in [0.15, 0.2) is 0 Å². The van der Waals surface area contributed by atoms with Crippen LogP contribution >= 0.6 is 0 Å². The number of pyridine rings is 1. The maximum atomic E-state index is 12.2. The standard InChI is InChI=1S/C16H28N4O/c1-6-17-15-10-13(4)19-11-14(15)16(21)18-8-7-9-20(5)12(2)3/h10-12H,6-9H2,1-5H3,(H,17,19)(H,18,21). The molecule has 0 saturated carbocycles. The fourth-order valence-corrected chi connectivity index (χ4v) is 1.96. The molecule has 0 fully saturated rings. The van der Waals surface area contributed by atoms with Crippen LogP contribution < -0.4 is 10.6 Å². The van der Waals surface area contributed by atoms with Crippen molar-refractivity contribution in [3.8, 4) is 0 Å². The van der Waals surface area contributed by atoms with Crippen LogP contribution in [-0.4, -0.2) is 48.5 Å². The molecule has 0 saturated heterocycles. The van der Waals surface area contributed by atoms with Crippen LogP contribution in [0.2, 0.25) is 0 Å². The Morgan fingerprint density at radius 2 is 2.14 bits per heavy atom. The maximum Gasteiger partial charge on any atom is 0.254 e. The van der Waals surface area contributed by atoms with Crippen molar-refractivity contribution < 1.29 is 4.79 Å². The number of nitrogens with one attached hydrogen (secondary N) is 2. The fourth-order valence-electron chi connectivity index (χ4n) is 1.96. The molecule has 5 nitrogen and oxygen atoms in total. The van der Waals surface area contributed by atoms with Gasteiger partial charge in [-0.15, -0.1) is 0 Å². The lowest BCUT2D eigenvalue weighted by Gasteiger charge is -2.20. The molecule has 0 aliphatic carbocycles. The molecule has 0 aliphatic rings. The molecule has 1 aromatic rings. The van der Waals surface area contributed by atoms with Gasteiger partial charge in [0.25, 0.3) is 5.91 Å². The van der Waals surface area contributed by atoms with Crippen LogP contribution in [0.3, 0.4) is 0 Å². The first kappa shape index (κ1) is 17.4. The largest absolute Gasteiger partial charge is 0.385 e. The van der Waals surface area contributed by atoms with Gasteiger partial charge in [0, 0.05) is 31.0 Å². The molecule has 0 radical (unpaired) electrons. The third kappa shape index (κ3) is 5.71. The Morgan fingerprint density at radius 3 is 2.76 bits per heavy atom. The summed E-state index contributed by atoms with van der Waals surface area (Å²) >= 11 is 0. The van der Waals surface area contributed by atoms with Crippen molar-refractivity contribution in [3.05, 3.63) is 23.5 Å². The lowest BCUT2D eigenvalue weighted by molar-refractivity contribution is 0.0952. The molecule has 0 aliphatic heterocycles. The van der Waals surface area contributed by atoms with Crippen molar-refractivity contribution in [1.82, 2.24) is 15.2 Å². The van der Waals surface area contributed by atoms with E-state index in [0.717, 1.165) is 30.9 Å². The second-order valence-corrected chi connectivity index (χ2v) is 5.59. The quantitative estimate of drug-likeness (QED) is 0.722. The second kappa shape index (κ2) is 8.62. The zero-order valence-electron chi connectivity index (χ0n) is 13.9. The van der Waals surface area contributed by atoms with E-state index in [2.05, 4.69) is 41.4 Å². The van der Waals surface area contributed by atoms with Gasteiger partial charge in [-0.05, 0) is 53.8 Å². The first-order valence-corrected chi connectivity index (χ1v) is 7.64. The molecule has 0 atom stereocenters. The van der Waals surface area contributed by atoms with Gasteiger partial charge >= 0.3 is 0 Å². The first-order chi connectivity index (χ1) is 9.95. The number of amides is 1. The zero-order valence-corrected chi connectivity index (χ0v) is 13.9. The number of aryl methyl sites for hydroxylation is 1. The molecular formula is C16H28N4O. The first-order valence-electron chi connectivity index (χ1n) is 7.64. The third-order valence-electron chi connectivity index (χ3n) is 3.51. The highest BCUT2D eigenvalue weighted by atomic mass is 16.1. The van der Waals surface area contributed by atoms with Crippen LogP contribution in [0.5, 0.6) is 0 Å². The Labute approximate surface area is 128 Å². The van der Waals surface area contributed by atoms with Crippen molar-refractivity contribution in [1.29, 1.82) is 0 Å². The Kier molecular flexibility index (Phi) is 7.15. The molecule has 1 aromatic heterocycles. The van der Waals surface area contributed by atoms with Gasteiger partial charge in [-0.2, -0.15) is 0 Å². The minimum Gasteiger partial charge on any atom is -0.385 e. The Hall–Kier alpha value is -1.62. The molecule has 21 heavy (non-hydrogen) atoms. The number of aromatic nitrogens is 1. The van der Waals surface area contributed by atoms with Crippen molar-refractivity contribution in [2.45, 2.75) is 40.2 Å². The topological polar surface area (TPSA) is 57.3 Å². The van der Waals surface area contributed by atoms with E-state index >= 15 is 0 Å². The summed E-state index contributed by atoms with van der Waals surface area (Å²) in [5.41, 5.74) is 2.36. The van der Waals surface area contributed by atoms with Gasteiger partial charge < -0.3 is 15.5 Å². The number of carbonyl (C=O) groups is 1. The Balaban J connectivity index is 2.52. The number of carbonyl (C=O) groups excluding carboxylic acids is 1. The third-order valence-corrected chi connectivity index (χ3v) is 3.51. The van der Waals surface area contributed by atoms with E-state index in [4.69, 9.17) is 0 Å². The Bertz CT molecular complexity index is 460. The highest BCUT2D eigenvalue weighted by Crippen LogP contribution is 2.15. The molecule has 118 valence electrons. The monoisotopic (exact) mass is 292 g/mol. The zero-order chi connectivity index (χ0) is 15.8. The average Bonchev–Trinajstić information content (AvgIpc) is 2.43. The number of rotatable bonds is 8. The minimum absolute atomic E-state index is 0.0642. The average molecular weight is 292 g/mol. The lowest BCUT2D eigenvalue weighted by atomic mass is 10.2. The van der Waals surface area contributed by atoms with Crippen molar-refractivity contribution >= 4 is 11.6 Å². The van der Waals surface area contributed by atoms with Crippen LogP contribution in [0.4, 0.5) is 5.69 Å². The summed E-state index contributed by atoms with van der Waals surface area (Å²) in [5.74, 6) is -0.0642. The van der Waals surface area contributed by atoms with Crippen LogP contribution in [0.15, 0.2) is 12.3 Å². The van der Waals surface area contributed by atoms with E-state index in [1.807, 2.05) is 19.9 Å². The summed E-state index contributed by atoms with van der Waals surface area (Å²) in [6.45, 7) is 10.7. The predicted molar refractivity (Wildman–Crippen MR) is 87.9 cm³/mol. The van der Waals surface area contributed by atoms with Gasteiger partial charge in [-0.3, -0.25) is 9.78 Å². The molecule has 2 N–H and O–H groups in total. The second-order valence-electron chi connectivity index (χ2n) is 5.59. The highest BCUT2D eigenvalue weighted by Gasteiger charge is 2.11. The summed E-state index contributed by atoms with van der Waals surface area (Å²) in [7, 11) is 2.10. The summed E-state index contributed by atoms with van der Waals surface area (Å²) in [5, 5.41) is 6.18. The molecule has 1 rings (SSSR count). The van der Waals surface area contributed by atoms with Gasteiger partial charge in [0.1, 0.15) is 0 Å². The molecule has 0 unspecified atom stereocenters. The summed E-state index contributed by atoms with van der Waals surface area (Å²) < 4.78 is 0. The van der Waals surface area contributed by atoms with Crippen molar-refractivity contribution in [2.75, 3.05) is 32.0 Å².